The van der Waals surface area contributed by atoms with Crippen LogP contribution in [0.15, 0.2) is 54.9 Å². The Labute approximate surface area is 171 Å². The molecular formula is C24H26N4O. The summed E-state index contributed by atoms with van der Waals surface area (Å²) in [5.74, 6) is 0.208. The zero-order valence-corrected chi connectivity index (χ0v) is 17.0. The lowest BCUT2D eigenvalue weighted by Crippen LogP contribution is -2.39. The number of likely N-dealkylation sites (tertiary alicyclic amines) is 1. The number of aryl methyl sites for hydroxylation is 2. The van der Waals surface area contributed by atoms with Gasteiger partial charge in [-0.3, -0.25) is 14.8 Å². The van der Waals surface area contributed by atoms with Crippen molar-refractivity contribution in [2.45, 2.75) is 39.0 Å². The van der Waals surface area contributed by atoms with Crippen molar-refractivity contribution in [3.63, 3.8) is 0 Å². The third-order valence-electron chi connectivity index (χ3n) is 5.41. The molecular weight excluding hydrogens is 360 g/mol. The van der Waals surface area contributed by atoms with Crippen LogP contribution in [-0.2, 0) is 6.42 Å². The summed E-state index contributed by atoms with van der Waals surface area (Å²) < 4.78 is 0. The van der Waals surface area contributed by atoms with Gasteiger partial charge in [-0.05, 0) is 56.4 Å². The zero-order valence-electron chi connectivity index (χ0n) is 17.0. The molecule has 1 amide bonds. The number of piperidine rings is 1. The van der Waals surface area contributed by atoms with E-state index in [0.717, 1.165) is 42.9 Å². The molecule has 1 aromatic carbocycles. The molecule has 5 heteroatoms. The Morgan fingerprint density at radius 2 is 1.86 bits per heavy atom. The molecule has 3 heterocycles. The summed E-state index contributed by atoms with van der Waals surface area (Å²) in [7, 11) is 0. The molecule has 1 aliphatic rings. The van der Waals surface area contributed by atoms with E-state index in [0.29, 0.717) is 12.2 Å². The van der Waals surface area contributed by atoms with Crippen LogP contribution in [0.1, 0.15) is 57.5 Å². The Balaban J connectivity index is 1.52. The number of carbonyl (C=O) groups excluding carboxylic acids is 1. The summed E-state index contributed by atoms with van der Waals surface area (Å²) in [6, 6.07) is 14.9. The molecule has 0 radical (unpaired) electrons. The molecule has 3 aromatic rings. The Morgan fingerprint density at radius 3 is 2.62 bits per heavy atom. The second-order valence-electron chi connectivity index (χ2n) is 7.84. The Bertz CT molecular complexity index is 986. The molecule has 148 valence electrons. The Hall–Kier alpha value is -3.08. The van der Waals surface area contributed by atoms with Crippen molar-refractivity contribution in [3.05, 3.63) is 88.8 Å². The van der Waals surface area contributed by atoms with Gasteiger partial charge in [0.05, 0.1) is 11.9 Å². The molecule has 0 spiro atoms. The third kappa shape index (κ3) is 4.67. The fourth-order valence-electron chi connectivity index (χ4n) is 3.98. The SMILES string of the molecule is Cc1cnc(C(=O)N2CCC[C@H](c3cc(Cc4ccccc4)cc(C)n3)C2)cn1. The number of amides is 1. The van der Waals surface area contributed by atoms with E-state index in [1.54, 1.807) is 12.4 Å². The van der Waals surface area contributed by atoms with Gasteiger partial charge in [-0.15, -0.1) is 0 Å². The quantitative estimate of drug-likeness (QED) is 0.677. The largest absolute Gasteiger partial charge is 0.337 e. The first-order chi connectivity index (χ1) is 14.1. The molecule has 4 rings (SSSR count). The number of hydrogen-bond donors (Lipinski definition) is 0. The highest BCUT2D eigenvalue weighted by molar-refractivity contribution is 5.92. The van der Waals surface area contributed by atoms with Crippen molar-refractivity contribution in [2.75, 3.05) is 13.1 Å². The number of aromatic nitrogens is 3. The van der Waals surface area contributed by atoms with E-state index in [-0.39, 0.29) is 11.8 Å². The minimum atomic E-state index is -0.0423. The topological polar surface area (TPSA) is 59.0 Å². The van der Waals surface area contributed by atoms with Gasteiger partial charge in [-0.2, -0.15) is 0 Å². The number of nitrogens with zero attached hydrogens (tertiary/aromatic N) is 4. The van der Waals surface area contributed by atoms with E-state index >= 15 is 0 Å². The molecule has 1 fully saturated rings. The monoisotopic (exact) mass is 386 g/mol. The maximum Gasteiger partial charge on any atom is 0.274 e. The first-order valence-corrected chi connectivity index (χ1v) is 10.2. The van der Waals surface area contributed by atoms with Crippen LogP contribution in [0.4, 0.5) is 0 Å². The van der Waals surface area contributed by atoms with Crippen molar-refractivity contribution in [1.29, 1.82) is 0 Å². The van der Waals surface area contributed by atoms with Gasteiger partial charge in [0.15, 0.2) is 0 Å². The first-order valence-electron chi connectivity index (χ1n) is 10.2. The lowest BCUT2D eigenvalue weighted by atomic mass is 9.92. The molecule has 1 atom stereocenters. The highest BCUT2D eigenvalue weighted by Crippen LogP contribution is 2.28. The van der Waals surface area contributed by atoms with Gasteiger partial charge in [0, 0.05) is 36.6 Å². The number of hydrogen-bond acceptors (Lipinski definition) is 4. The van der Waals surface area contributed by atoms with Crippen LogP contribution >= 0.6 is 0 Å². The highest BCUT2D eigenvalue weighted by atomic mass is 16.2. The molecule has 1 saturated heterocycles. The van der Waals surface area contributed by atoms with Crippen LogP contribution in [0.3, 0.4) is 0 Å². The number of benzene rings is 1. The average Bonchev–Trinajstić information content (AvgIpc) is 2.74. The summed E-state index contributed by atoms with van der Waals surface area (Å²) in [6.45, 7) is 5.35. The van der Waals surface area contributed by atoms with E-state index in [1.807, 2.05) is 24.8 Å². The van der Waals surface area contributed by atoms with Gasteiger partial charge < -0.3 is 4.90 Å². The summed E-state index contributed by atoms with van der Waals surface area (Å²) in [5, 5.41) is 0. The lowest BCUT2D eigenvalue weighted by Gasteiger charge is -2.32. The summed E-state index contributed by atoms with van der Waals surface area (Å²) in [6.07, 6.45) is 6.13. The van der Waals surface area contributed by atoms with Gasteiger partial charge in [0.1, 0.15) is 5.69 Å². The predicted molar refractivity (Wildman–Crippen MR) is 113 cm³/mol. The van der Waals surface area contributed by atoms with E-state index in [9.17, 15) is 4.79 Å². The smallest absolute Gasteiger partial charge is 0.274 e. The molecule has 0 N–H and O–H groups in total. The highest BCUT2D eigenvalue weighted by Gasteiger charge is 2.27. The number of pyridine rings is 1. The van der Waals surface area contributed by atoms with Gasteiger partial charge in [-0.25, -0.2) is 4.98 Å². The van der Waals surface area contributed by atoms with Crippen molar-refractivity contribution in [2.24, 2.45) is 0 Å². The molecule has 0 aliphatic carbocycles. The second-order valence-corrected chi connectivity index (χ2v) is 7.84. The molecule has 2 aromatic heterocycles. The summed E-state index contributed by atoms with van der Waals surface area (Å²) >= 11 is 0. The van der Waals surface area contributed by atoms with Crippen molar-refractivity contribution in [3.8, 4) is 0 Å². The average molecular weight is 386 g/mol. The van der Waals surface area contributed by atoms with Crippen LogP contribution in [0, 0.1) is 13.8 Å². The first kappa shape index (κ1) is 19.2. The Kier molecular flexibility index (Phi) is 5.65. The van der Waals surface area contributed by atoms with Crippen LogP contribution < -0.4 is 0 Å². The van der Waals surface area contributed by atoms with Gasteiger partial charge >= 0.3 is 0 Å². The van der Waals surface area contributed by atoms with Crippen LogP contribution in [0.5, 0.6) is 0 Å². The second kappa shape index (κ2) is 8.52. The van der Waals surface area contributed by atoms with Crippen molar-refractivity contribution in [1.82, 2.24) is 19.9 Å². The molecule has 0 saturated carbocycles. The predicted octanol–water partition coefficient (Wildman–Crippen LogP) is 4.10. The fraction of sp³-hybridized carbons (Fsp3) is 0.333. The van der Waals surface area contributed by atoms with E-state index in [4.69, 9.17) is 4.98 Å². The van der Waals surface area contributed by atoms with Gasteiger partial charge in [0.2, 0.25) is 0 Å². The molecule has 29 heavy (non-hydrogen) atoms. The molecule has 0 bridgehead atoms. The summed E-state index contributed by atoms with van der Waals surface area (Å²) in [4.78, 5) is 28.0. The van der Waals surface area contributed by atoms with E-state index in [2.05, 4.69) is 46.4 Å². The minimum Gasteiger partial charge on any atom is -0.337 e. The van der Waals surface area contributed by atoms with E-state index in [1.165, 1.54) is 11.1 Å². The van der Waals surface area contributed by atoms with Crippen LogP contribution in [-0.4, -0.2) is 38.8 Å². The van der Waals surface area contributed by atoms with Crippen LogP contribution in [0.25, 0.3) is 0 Å². The van der Waals surface area contributed by atoms with Gasteiger partial charge in [-0.1, -0.05) is 30.3 Å². The normalized spacial score (nSPS) is 16.6. The van der Waals surface area contributed by atoms with Crippen molar-refractivity contribution < 1.29 is 4.79 Å². The molecule has 5 nitrogen and oxygen atoms in total. The van der Waals surface area contributed by atoms with Crippen LogP contribution in [0.2, 0.25) is 0 Å². The molecule has 1 aliphatic heterocycles. The standard InChI is InChI=1S/C24H26N4O/c1-17-11-20(12-19-7-4-3-5-8-19)13-22(27-17)21-9-6-10-28(16-21)24(29)23-15-25-18(2)14-26-23/h3-5,7-8,11,13-15,21H,6,9-10,12,16H2,1-2H3/t21-/m0/s1. The lowest BCUT2D eigenvalue weighted by molar-refractivity contribution is 0.0699. The minimum absolute atomic E-state index is 0.0423. The Morgan fingerprint density at radius 1 is 1.03 bits per heavy atom. The number of carbonyl (C=O) groups is 1. The fourth-order valence-corrected chi connectivity index (χ4v) is 3.98. The number of rotatable bonds is 4. The third-order valence-corrected chi connectivity index (χ3v) is 5.41. The summed E-state index contributed by atoms with van der Waals surface area (Å²) in [5.41, 5.74) is 5.91. The zero-order chi connectivity index (χ0) is 20.2. The van der Waals surface area contributed by atoms with E-state index < -0.39 is 0 Å². The van der Waals surface area contributed by atoms with Gasteiger partial charge in [0.25, 0.3) is 5.91 Å². The maximum atomic E-state index is 12.9. The maximum absolute atomic E-state index is 12.9. The molecule has 0 unspecified atom stereocenters. The van der Waals surface area contributed by atoms with Crippen molar-refractivity contribution >= 4 is 5.91 Å².